The molecule has 1 aromatic carbocycles. The van der Waals surface area contributed by atoms with Crippen molar-refractivity contribution >= 4 is 17.8 Å². The van der Waals surface area contributed by atoms with E-state index in [0.717, 1.165) is 42.0 Å². The Kier molecular flexibility index (Phi) is 9.84. The monoisotopic (exact) mass is 398 g/mol. The summed E-state index contributed by atoms with van der Waals surface area (Å²) in [5.74, 6) is 0.625. The number of aliphatic hydroxyl groups is 2. The first-order valence-electron chi connectivity index (χ1n) is 10.3. The summed E-state index contributed by atoms with van der Waals surface area (Å²) >= 11 is 0. The van der Waals surface area contributed by atoms with Gasteiger partial charge in [0, 0.05) is 30.7 Å². The second-order valence-electron chi connectivity index (χ2n) is 7.74. The first kappa shape index (κ1) is 23.1. The number of anilines is 1. The molecule has 5 heteroatoms. The maximum absolute atomic E-state index is 9.39. The number of aryl methyl sites for hydroxylation is 1. The molecule has 29 heavy (non-hydrogen) atoms. The van der Waals surface area contributed by atoms with Crippen LogP contribution in [0, 0.1) is 12.8 Å². The number of hydrogen-bond donors (Lipinski definition) is 2. The molecule has 0 bridgehead atoms. The summed E-state index contributed by atoms with van der Waals surface area (Å²) in [6.07, 6.45) is 6.32. The van der Waals surface area contributed by atoms with Crippen molar-refractivity contribution in [3.05, 3.63) is 59.4 Å². The van der Waals surface area contributed by atoms with Crippen molar-refractivity contribution in [2.75, 3.05) is 37.8 Å². The molecule has 0 saturated heterocycles. The molecule has 0 aliphatic carbocycles. The molecule has 1 unspecified atom stereocenters. The van der Waals surface area contributed by atoms with E-state index in [1.807, 2.05) is 19.2 Å². The number of pyridine rings is 1. The lowest BCUT2D eigenvalue weighted by Crippen LogP contribution is -2.30. The van der Waals surface area contributed by atoms with Gasteiger partial charge in [0.15, 0.2) is 0 Å². The van der Waals surface area contributed by atoms with Gasteiger partial charge in [0.2, 0.25) is 0 Å². The zero-order valence-corrected chi connectivity index (χ0v) is 17.8. The Morgan fingerprint density at radius 3 is 2.34 bits per heavy atom. The molecule has 0 spiro atoms. The van der Waals surface area contributed by atoms with Crippen LogP contribution < -0.4 is 4.90 Å². The van der Waals surface area contributed by atoms with Gasteiger partial charge in [-0.2, -0.15) is 0 Å². The summed E-state index contributed by atoms with van der Waals surface area (Å²) in [5, 5.41) is 18.3. The normalized spacial score (nSPS) is 12.6. The lowest BCUT2D eigenvalue weighted by atomic mass is 10.1. The van der Waals surface area contributed by atoms with E-state index in [2.05, 4.69) is 66.2 Å². The van der Waals surface area contributed by atoms with Gasteiger partial charge in [0.25, 0.3) is 0 Å². The minimum atomic E-state index is -0.811. The van der Waals surface area contributed by atoms with Crippen molar-refractivity contribution in [1.82, 2.24) is 4.98 Å². The first-order chi connectivity index (χ1) is 14.0. The number of benzene rings is 1. The molecule has 158 valence electrons. The van der Waals surface area contributed by atoms with Crippen LogP contribution in [0.5, 0.6) is 0 Å². The third kappa shape index (κ3) is 8.77. The predicted molar refractivity (Wildman–Crippen MR) is 120 cm³/mol. The van der Waals surface area contributed by atoms with Crippen molar-refractivity contribution in [1.29, 1.82) is 0 Å². The molecule has 0 radical (unpaired) electrons. The second kappa shape index (κ2) is 12.4. The van der Waals surface area contributed by atoms with E-state index in [1.165, 1.54) is 0 Å². The van der Waals surface area contributed by atoms with Crippen LogP contribution >= 0.6 is 0 Å². The molecule has 0 fully saturated rings. The summed E-state index contributed by atoms with van der Waals surface area (Å²) in [6.45, 7) is 8.52. The fraction of sp³-hybridized carbons (Fsp3) is 0.458. The number of nitrogens with zero attached hydrogens (tertiary/aromatic N) is 2. The Hall–Kier alpha value is -2.21. The summed E-state index contributed by atoms with van der Waals surface area (Å²) in [4.78, 5) is 6.62. The van der Waals surface area contributed by atoms with E-state index < -0.39 is 6.10 Å². The fourth-order valence-corrected chi connectivity index (χ4v) is 2.80. The lowest BCUT2D eigenvalue weighted by molar-refractivity contribution is 0.00838. The van der Waals surface area contributed by atoms with E-state index in [9.17, 15) is 5.11 Å². The summed E-state index contributed by atoms with van der Waals surface area (Å²) in [6, 6.07) is 12.6. The van der Waals surface area contributed by atoms with Crippen LogP contribution in [0.15, 0.2) is 42.6 Å². The summed E-state index contributed by atoms with van der Waals surface area (Å²) in [7, 11) is 0. The topological polar surface area (TPSA) is 65.8 Å². The number of ether oxygens (including phenoxy) is 1. The summed E-state index contributed by atoms with van der Waals surface area (Å²) < 4.78 is 5.50. The molecule has 0 saturated carbocycles. The van der Waals surface area contributed by atoms with Crippen LogP contribution in [0.1, 0.15) is 37.1 Å². The Balaban J connectivity index is 1.97. The highest BCUT2D eigenvalue weighted by molar-refractivity contribution is 5.70. The molecule has 2 aromatic rings. The maximum Gasteiger partial charge on any atom is 0.100 e. The van der Waals surface area contributed by atoms with E-state index in [0.29, 0.717) is 12.5 Å². The molecule has 5 nitrogen and oxygen atoms in total. The first-order valence-corrected chi connectivity index (χ1v) is 10.3. The molecular formula is C24H34N2O3. The van der Waals surface area contributed by atoms with Crippen molar-refractivity contribution in [3.8, 4) is 0 Å². The highest BCUT2D eigenvalue weighted by atomic mass is 16.5. The van der Waals surface area contributed by atoms with E-state index >= 15 is 0 Å². The van der Waals surface area contributed by atoms with Crippen LogP contribution in [0.4, 0.5) is 5.69 Å². The molecular weight excluding hydrogens is 364 g/mol. The van der Waals surface area contributed by atoms with Gasteiger partial charge in [-0.25, -0.2) is 0 Å². The summed E-state index contributed by atoms with van der Waals surface area (Å²) in [5.41, 5.74) is 4.40. The minimum Gasteiger partial charge on any atom is -0.394 e. The molecule has 2 N–H and O–H groups in total. The Bertz CT molecular complexity index is 727. The SMILES string of the molecule is Cc1ccc(/C=C/c2ccc(N(CCOCC(O)CO)CCC(C)C)cc2)cn1. The van der Waals surface area contributed by atoms with Gasteiger partial charge in [-0.3, -0.25) is 4.98 Å². The van der Waals surface area contributed by atoms with Gasteiger partial charge in [-0.1, -0.05) is 44.2 Å². The van der Waals surface area contributed by atoms with Crippen LogP contribution in [0.25, 0.3) is 12.2 Å². The molecule has 0 aliphatic heterocycles. The van der Waals surface area contributed by atoms with Crippen molar-refractivity contribution in [3.63, 3.8) is 0 Å². The standard InChI is InChI=1S/C24H34N2O3/c1-19(2)12-13-26(14-15-29-18-24(28)17-27)23-10-8-21(9-11-23)6-7-22-5-4-20(3)25-16-22/h4-11,16,19,24,27-28H,12-15,17-18H2,1-3H3/b7-6+. The Labute approximate surface area is 174 Å². The second-order valence-corrected chi connectivity index (χ2v) is 7.74. The van der Waals surface area contributed by atoms with Crippen LogP contribution in [-0.2, 0) is 4.74 Å². The highest BCUT2D eigenvalue weighted by Crippen LogP contribution is 2.18. The van der Waals surface area contributed by atoms with Crippen molar-refractivity contribution in [2.24, 2.45) is 5.92 Å². The van der Waals surface area contributed by atoms with Gasteiger partial charge < -0.3 is 19.8 Å². The average molecular weight is 399 g/mol. The van der Waals surface area contributed by atoms with Crippen LogP contribution in [-0.4, -0.2) is 54.2 Å². The zero-order chi connectivity index (χ0) is 21.1. The Morgan fingerprint density at radius 1 is 1.03 bits per heavy atom. The van der Waals surface area contributed by atoms with Gasteiger partial charge >= 0.3 is 0 Å². The van der Waals surface area contributed by atoms with E-state index in [1.54, 1.807) is 0 Å². The minimum absolute atomic E-state index is 0.159. The Morgan fingerprint density at radius 2 is 1.72 bits per heavy atom. The van der Waals surface area contributed by atoms with Gasteiger partial charge in [0.05, 0.1) is 19.8 Å². The average Bonchev–Trinajstić information content (AvgIpc) is 2.73. The predicted octanol–water partition coefficient (Wildman–Crippen LogP) is 3.78. The molecule has 0 amide bonds. The third-order valence-corrected chi connectivity index (χ3v) is 4.66. The lowest BCUT2D eigenvalue weighted by Gasteiger charge is -2.26. The molecule has 2 rings (SSSR count). The van der Waals surface area contributed by atoms with Crippen LogP contribution in [0.3, 0.4) is 0 Å². The van der Waals surface area contributed by atoms with E-state index in [-0.39, 0.29) is 13.2 Å². The zero-order valence-electron chi connectivity index (χ0n) is 17.8. The largest absolute Gasteiger partial charge is 0.394 e. The highest BCUT2D eigenvalue weighted by Gasteiger charge is 2.09. The molecule has 1 atom stereocenters. The van der Waals surface area contributed by atoms with Gasteiger partial charge in [-0.05, 0) is 48.6 Å². The number of aliphatic hydroxyl groups excluding tert-OH is 2. The third-order valence-electron chi connectivity index (χ3n) is 4.66. The molecule has 1 aromatic heterocycles. The van der Waals surface area contributed by atoms with Gasteiger partial charge in [0.1, 0.15) is 6.10 Å². The smallest absolute Gasteiger partial charge is 0.100 e. The fourth-order valence-electron chi connectivity index (χ4n) is 2.80. The van der Waals surface area contributed by atoms with Crippen LogP contribution in [0.2, 0.25) is 0 Å². The van der Waals surface area contributed by atoms with E-state index in [4.69, 9.17) is 9.84 Å². The van der Waals surface area contributed by atoms with Crippen molar-refractivity contribution < 1.29 is 14.9 Å². The number of hydrogen-bond acceptors (Lipinski definition) is 5. The molecule has 0 aliphatic rings. The molecule has 1 heterocycles. The number of aromatic nitrogens is 1. The van der Waals surface area contributed by atoms with Crippen molar-refractivity contribution in [2.45, 2.75) is 33.3 Å². The van der Waals surface area contributed by atoms with Gasteiger partial charge in [-0.15, -0.1) is 0 Å². The number of rotatable bonds is 12. The maximum atomic E-state index is 9.39. The quantitative estimate of drug-likeness (QED) is 0.533.